The molecular weight excluding hydrogens is 454 g/mol. The van der Waals surface area contributed by atoms with Crippen LogP contribution in [0.4, 0.5) is 0 Å². The van der Waals surface area contributed by atoms with Gasteiger partial charge in [0.15, 0.2) is 5.11 Å². The molecule has 5 nitrogen and oxygen atoms in total. The summed E-state index contributed by atoms with van der Waals surface area (Å²) in [7, 11) is 0. The number of carbonyl (C=O) groups excluding carboxylic acids is 1. The maximum Gasteiger partial charge on any atom is 0.251 e. The van der Waals surface area contributed by atoms with Gasteiger partial charge in [-0.2, -0.15) is 0 Å². The Hall–Kier alpha value is -3.35. The molecule has 0 bridgehead atoms. The Morgan fingerprint density at radius 2 is 1.73 bits per heavy atom. The number of hydrogen-bond donors (Lipinski definition) is 3. The maximum atomic E-state index is 13.3. The lowest BCUT2D eigenvalue weighted by Crippen LogP contribution is -2.46. The minimum Gasteiger partial charge on any atom is -0.488 e. The Bertz CT molecular complexity index is 1200. The van der Waals surface area contributed by atoms with Crippen LogP contribution in [0.3, 0.4) is 0 Å². The topological polar surface area (TPSA) is 62.4 Å². The van der Waals surface area contributed by atoms with E-state index in [1.54, 1.807) is 0 Å². The number of ether oxygens (including phenoxy) is 1. The van der Waals surface area contributed by atoms with Crippen LogP contribution in [-0.2, 0) is 17.9 Å². The van der Waals surface area contributed by atoms with Crippen LogP contribution in [0.25, 0.3) is 0 Å². The molecule has 0 fully saturated rings. The van der Waals surface area contributed by atoms with E-state index in [1.807, 2.05) is 85.8 Å². The first kappa shape index (κ1) is 22.8. The second kappa shape index (κ2) is 10.5. The summed E-state index contributed by atoms with van der Waals surface area (Å²) < 4.78 is 6.14. The number of amides is 1. The first-order valence-electron chi connectivity index (χ1n) is 10.6. The highest BCUT2D eigenvalue weighted by Crippen LogP contribution is 2.33. The molecule has 1 aliphatic rings. The molecule has 0 spiro atoms. The van der Waals surface area contributed by atoms with Crippen LogP contribution in [0, 0.1) is 0 Å². The summed E-state index contributed by atoms with van der Waals surface area (Å²) in [5.41, 5.74) is 3.99. The van der Waals surface area contributed by atoms with Crippen molar-refractivity contribution in [2.75, 3.05) is 0 Å². The molecule has 0 radical (unpaired) electrons. The molecule has 3 aromatic rings. The average Bonchev–Trinajstić information content (AvgIpc) is 2.82. The molecule has 7 heteroatoms. The number of carbonyl (C=O) groups is 1. The smallest absolute Gasteiger partial charge is 0.251 e. The summed E-state index contributed by atoms with van der Waals surface area (Å²) in [6.45, 7) is 2.59. The third-order valence-electron chi connectivity index (χ3n) is 5.38. The number of halogens is 1. The summed E-state index contributed by atoms with van der Waals surface area (Å²) in [6.07, 6.45) is 0. The van der Waals surface area contributed by atoms with Crippen LogP contribution in [0.2, 0.25) is 5.02 Å². The number of benzene rings is 3. The average molecular weight is 478 g/mol. The van der Waals surface area contributed by atoms with E-state index in [1.165, 1.54) is 0 Å². The lowest BCUT2D eigenvalue weighted by molar-refractivity contribution is -0.118. The fourth-order valence-corrected chi connectivity index (χ4v) is 4.18. The highest BCUT2D eigenvalue weighted by Gasteiger charge is 2.31. The Kier molecular flexibility index (Phi) is 7.27. The highest BCUT2D eigenvalue weighted by atomic mass is 35.5. The number of thiocarbonyl (C=S) groups is 1. The second-order valence-corrected chi connectivity index (χ2v) is 8.47. The van der Waals surface area contributed by atoms with Gasteiger partial charge < -0.3 is 20.7 Å². The predicted molar refractivity (Wildman–Crippen MR) is 135 cm³/mol. The molecule has 0 aromatic heterocycles. The van der Waals surface area contributed by atoms with E-state index < -0.39 is 6.04 Å². The van der Waals surface area contributed by atoms with Crippen molar-refractivity contribution in [1.82, 2.24) is 16.0 Å². The highest BCUT2D eigenvalue weighted by molar-refractivity contribution is 7.80. The van der Waals surface area contributed by atoms with E-state index in [2.05, 4.69) is 16.0 Å². The van der Waals surface area contributed by atoms with Gasteiger partial charge >= 0.3 is 0 Å². The summed E-state index contributed by atoms with van der Waals surface area (Å²) in [6, 6.07) is 24.5. The van der Waals surface area contributed by atoms with Gasteiger partial charge in [-0.15, -0.1) is 0 Å². The summed E-state index contributed by atoms with van der Waals surface area (Å²) >= 11 is 11.7. The Morgan fingerprint density at radius 1 is 1.03 bits per heavy atom. The van der Waals surface area contributed by atoms with Crippen LogP contribution < -0.4 is 20.7 Å². The van der Waals surface area contributed by atoms with Gasteiger partial charge in [0.05, 0.1) is 11.6 Å². The van der Waals surface area contributed by atoms with Crippen LogP contribution in [0.15, 0.2) is 90.1 Å². The van der Waals surface area contributed by atoms with Gasteiger partial charge in [-0.3, -0.25) is 4.79 Å². The minimum atomic E-state index is -0.461. The van der Waals surface area contributed by atoms with E-state index in [0.717, 1.165) is 16.7 Å². The van der Waals surface area contributed by atoms with Gasteiger partial charge in [-0.1, -0.05) is 78.3 Å². The molecule has 0 saturated carbocycles. The van der Waals surface area contributed by atoms with Crippen molar-refractivity contribution in [2.24, 2.45) is 0 Å². The van der Waals surface area contributed by atoms with Crippen LogP contribution >= 0.6 is 23.8 Å². The molecule has 168 valence electrons. The van der Waals surface area contributed by atoms with Gasteiger partial charge in [0.1, 0.15) is 12.4 Å². The molecule has 3 N–H and O–H groups in total. The fraction of sp³-hybridized carbons (Fsp3) is 0.154. The third kappa shape index (κ3) is 5.53. The number of allylic oxidation sites excluding steroid dienone is 1. The lowest BCUT2D eigenvalue weighted by Gasteiger charge is -2.31. The molecule has 0 aliphatic carbocycles. The SMILES string of the molecule is CC1=C(C(=O)NCc2ccccc2)[C@@H](c2ccccc2OCc2ccccc2Cl)NC(=S)N1. The van der Waals surface area contributed by atoms with Crippen molar-refractivity contribution in [3.05, 3.63) is 112 Å². The molecule has 3 aromatic carbocycles. The molecule has 1 amide bonds. The standard InChI is InChI=1S/C26H24ClN3O2S/c1-17-23(25(31)28-15-18-9-3-2-4-10-18)24(30-26(33)29-17)20-12-6-8-14-22(20)32-16-19-11-5-7-13-21(19)27/h2-14,24H,15-16H2,1H3,(H,28,31)(H2,29,30,33)/t24-/m1/s1. The van der Waals surface area contributed by atoms with Crippen molar-refractivity contribution < 1.29 is 9.53 Å². The predicted octanol–water partition coefficient (Wildman–Crippen LogP) is 5.03. The summed E-state index contributed by atoms with van der Waals surface area (Å²) in [5.74, 6) is 0.477. The van der Waals surface area contributed by atoms with Gasteiger partial charge in [0.25, 0.3) is 5.91 Å². The van der Waals surface area contributed by atoms with Crippen molar-refractivity contribution in [1.29, 1.82) is 0 Å². The Morgan fingerprint density at radius 3 is 2.52 bits per heavy atom. The van der Waals surface area contributed by atoms with Gasteiger partial charge in [0.2, 0.25) is 0 Å². The molecule has 33 heavy (non-hydrogen) atoms. The monoisotopic (exact) mass is 477 g/mol. The molecule has 1 heterocycles. The Labute approximate surface area is 203 Å². The fourth-order valence-electron chi connectivity index (χ4n) is 3.72. The van der Waals surface area contributed by atoms with Crippen LogP contribution in [0.1, 0.15) is 29.7 Å². The largest absolute Gasteiger partial charge is 0.488 e. The maximum absolute atomic E-state index is 13.3. The van der Waals surface area contributed by atoms with E-state index in [-0.39, 0.29) is 5.91 Å². The molecule has 4 rings (SSSR count). The normalized spacial score (nSPS) is 15.5. The zero-order valence-corrected chi connectivity index (χ0v) is 19.7. The van der Waals surface area contributed by atoms with Crippen molar-refractivity contribution >= 4 is 34.8 Å². The minimum absolute atomic E-state index is 0.176. The van der Waals surface area contributed by atoms with E-state index in [4.69, 9.17) is 28.6 Å². The lowest BCUT2D eigenvalue weighted by atomic mass is 9.94. The van der Waals surface area contributed by atoms with Gasteiger partial charge in [-0.25, -0.2) is 0 Å². The second-order valence-electron chi connectivity index (χ2n) is 7.66. The number of rotatable bonds is 7. The summed E-state index contributed by atoms with van der Waals surface area (Å²) in [4.78, 5) is 13.3. The van der Waals surface area contributed by atoms with Gasteiger partial charge in [-0.05, 0) is 36.8 Å². The summed E-state index contributed by atoms with van der Waals surface area (Å²) in [5, 5.41) is 10.4. The first-order valence-corrected chi connectivity index (χ1v) is 11.4. The number of nitrogens with one attached hydrogen (secondary N) is 3. The van der Waals surface area contributed by atoms with Crippen LogP contribution in [-0.4, -0.2) is 11.0 Å². The Balaban J connectivity index is 1.59. The molecular formula is C26H24ClN3O2S. The zero-order valence-electron chi connectivity index (χ0n) is 18.1. The number of hydrogen-bond acceptors (Lipinski definition) is 3. The zero-order chi connectivity index (χ0) is 23.2. The van der Waals surface area contributed by atoms with Crippen molar-refractivity contribution in [3.63, 3.8) is 0 Å². The molecule has 1 aliphatic heterocycles. The quantitative estimate of drug-likeness (QED) is 0.417. The van der Waals surface area contributed by atoms with E-state index in [9.17, 15) is 4.79 Å². The third-order valence-corrected chi connectivity index (χ3v) is 5.97. The van der Waals surface area contributed by atoms with E-state index >= 15 is 0 Å². The number of para-hydroxylation sites is 1. The van der Waals surface area contributed by atoms with Crippen LogP contribution in [0.5, 0.6) is 5.75 Å². The van der Waals surface area contributed by atoms with E-state index in [0.29, 0.717) is 40.3 Å². The van der Waals surface area contributed by atoms with Crippen molar-refractivity contribution in [2.45, 2.75) is 26.1 Å². The van der Waals surface area contributed by atoms with Gasteiger partial charge in [0, 0.05) is 28.4 Å². The molecule has 1 atom stereocenters. The molecule has 0 saturated heterocycles. The first-order chi connectivity index (χ1) is 16.0. The van der Waals surface area contributed by atoms with Crippen molar-refractivity contribution in [3.8, 4) is 5.75 Å². The molecule has 0 unspecified atom stereocenters.